The van der Waals surface area contributed by atoms with Crippen LogP contribution in [-0.4, -0.2) is 66.0 Å². The van der Waals surface area contributed by atoms with Crippen molar-refractivity contribution in [2.75, 3.05) is 14.2 Å². The lowest BCUT2D eigenvalue weighted by Crippen LogP contribution is -2.56. The Morgan fingerprint density at radius 1 is 0.962 bits per heavy atom. The molecular weight excluding hydrogens is 675 g/mol. The van der Waals surface area contributed by atoms with Crippen LogP contribution in [0.5, 0.6) is 11.5 Å². The van der Waals surface area contributed by atoms with Gasteiger partial charge in [-0.25, -0.2) is 4.98 Å². The number of benzene rings is 2. The van der Waals surface area contributed by atoms with Gasteiger partial charge in [0.15, 0.2) is 17.3 Å². The molecule has 3 aromatic rings. The Kier molecular flexibility index (Phi) is 13.0. The van der Waals surface area contributed by atoms with Crippen LogP contribution >= 0.6 is 0 Å². The molecule has 2 aromatic carbocycles. The highest BCUT2D eigenvalue weighted by Crippen LogP contribution is 2.28. The number of ketones is 1. The molecular formula is C40H41BN4O8. The average molecular weight is 717 g/mol. The fraction of sp³-hybridized carbons (Fsp3) is 0.225. The van der Waals surface area contributed by atoms with Crippen LogP contribution in [0.25, 0.3) is 6.08 Å². The smallest absolute Gasteiger partial charge is 0.524 e. The zero-order chi connectivity index (χ0) is 37.7. The summed E-state index contributed by atoms with van der Waals surface area (Å²) in [6, 6.07) is 13.4. The molecule has 272 valence electrons. The first-order valence-corrected chi connectivity index (χ1v) is 17.0. The molecule has 0 saturated carbocycles. The molecule has 1 aromatic heterocycles. The van der Waals surface area contributed by atoms with Crippen LogP contribution in [0.3, 0.4) is 0 Å². The number of carbonyl (C=O) groups is 3. The number of methoxy groups -OCH3 is 2. The number of hydrogen-bond acceptors (Lipinski definition) is 10. The number of amides is 2. The van der Waals surface area contributed by atoms with Crippen LogP contribution in [0.15, 0.2) is 133 Å². The van der Waals surface area contributed by atoms with Crippen molar-refractivity contribution in [3.63, 3.8) is 0 Å². The molecule has 0 saturated heterocycles. The van der Waals surface area contributed by atoms with Gasteiger partial charge in [-0.2, -0.15) is 0 Å². The van der Waals surface area contributed by atoms with Crippen molar-refractivity contribution in [2.24, 2.45) is 5.92 Å². The van der Waals surface area contributed by atoms with Crippen molar-refractivity contribution in [1.82, 2.24) is 20.6 Å². The molecule has 1 aliphatic carbocycles. The lowest BCUT2D eigenvalue weighted by molar-refractivity contribution is -0.123. The van der Waals surface area contributed by atoms with Gasteiger partial charge in [0.1, 0.15) is 23.3 Å². The highest BCUT2D eigenvalue weighted by molar-refractivity contribution is 6.48. The van der Waals surface area contributed by atoms with Crippen molar-refractivity contribution in [3.05, 3.63) is 149 Å². The van der Waals surface area contributed by atoms with Gasteiger partial charge in [-0.05, 0) is 65.5 Å². The number of carbonyl (C=O) groups excluding carboxylic acids is 3. The summed E-state index contributed by atoms with van der Waals surface area (Å²) in [4.78, 5) is 47.4. The lowest BCUT2D eigenvalue weighted by atomic mass is 9.72. The van der Waals surface area contributed by atoms with Gasteiger partial charge in [-0.15, -0.1) is 0 Å². The Morgan fingerprint density at radius 3 is 2.49 bits per heavy atom. The van der Waals surface area contributed by atoms with Crippen LogP contribution in [0.4, 0.5) is 0 Å². The molecule has 2 aliphatic rings. The van der Waals surface area contributed by atoms with Gasteiger partial charge in [0.25, 0.3) is 5.91 Å². The molecule has 3 N–H and O–H groups in total. The molecule has 0 spiro atoms. The molecule has 0 bridgehead atoms. The second kappa shape index (κ2) is 18.2. The predicted octanol–water partition coefficient (Wildman–Crippen LogP) is 5.21. The van der Waals surface area contributed by atoms with E-state index < -0.39 is 30.9 Å². The Balaban J connectivity index is 1.45. The summed E-state index contributed by atoms with van der Waals surface area (Å²) in [5.41, 5.74) is 2.37. The Bertz CT molecular complexity index is 1970. The summed E-state index contributed by atoms with van der Waals surface area (Å²) in [7, 11) is 1.93. The van der Waals surface area contributed by atoms with Gasteiger partial charge >= 0.3 is 7.12 Å². The summed E-state index contributed by atoms with van der Waals surface area (Å²) in [5, 5.41) is 16.0. The molecule has 13 heteroatoms. The van der Waals surface area contributed by atoms with Gasteiger partial charge in [-0.1, -0.05) is 68.5 Å². The highest BCUT2D eigenvalue weighted by atomic mass is 16.6. The molecule has 2 heterocycles. The maximum Gasteiger partial charge on any atom is 0.618 e. The quantitative estimate of drug-likeness (QED) is 0.189. The maximum atomic E-state index is 14.1. The normalized spacial score (nSPS) is 16.8. The third-order valence-corrected chi connectivity index (χ3v) is 8.14. The van der Waals surface area contributed by atoms with E-state index in [1.165, 1.54) is 45.0 Å². The summed E-state index contributed by atoms with van der Waals surface area (Å²) < 4.78 is 23.2. The monoisotopic (exact) mass is 716 g/mol. The minimum Gasteiger partial charge on any atom is -0.524 e. The van der Waals surface area contributed by atoms with Crippen LogP contribution in [0.1, 0.15) is 41.9 Å². The molecule has 0 fully saturated rings. The number of allylic oxidation sites excluding steroid dienone is 8. The molecule has 1 unspecified atom stereocenters. The van der Waals surface area contributed by atoms with Crippen molar-refractivity contribution >= 4 is 30.8 Å². The predicted molar refractivity (Wildman–Crippen MR) is 200 cm³/mol. The number of ether oxygens (including phenoxy) is 2. The number of aromatic hydroxyl groups is 1. The fourth-order valence-electron chi connectivity index (χ4n) is 5.52. The third-order valence-electron chi connectivity index (χ3n) is 8.14. The Labute approximate surface area is 308 Å². The molecule has 1 aliphatic heterocycles. The van der Waals surface area contributed by atoms with Crippen LogP contribution in [-0.2, 0) is 30.1 Å². The molecule has 2 atom stereocenters. The standard InChI is InChI=1S/C40H41BN4O8/c1-26(2)20-38(45-39(48)32(21-27-8-6-5-7-9-27)44-40(49)33-25-42-18-19-43-33)41-52-30(14-10-28-12-16-34(46)36(22-28)50-3)24-31(53-41)15-11-29-13-17-35(47)37(23-29)51-4/h5-19,22-26,32,38,46H,20-21H2,1-4H3,(H,44,49)(H,45,48)/b14-10+,29-11+,31-15-/t32?,38-/m0/s1. The van der Waals surface area contributed by atoms with E-state index >= 15 is 0 Å². The van der Waals surface area contributed by atoms with Gasteiger partial charge < -0.3 is 34.5 Å². The SMILES string of the molecule is COC1=C/C(=C/C=C2C=C(/C=C/c3ccc(O)c(OC)c3)OB([C@H](CC(C)C)NC(=O)C(Cc3ccccc3)NC(=O)c3cnccn3)O/2)C=CC1=O. The van der Waals surface area contributed by atoms with E-state index in [1.807, 2.05) is 44.2 Å². The summed E-state index contributed by atoms with van der Waals surface area (Å²) in [5.74, 6) is -0.362. The number of aromatic nitrogens is 2. The zero-order valence-corrected chi connectivity index (χ0v) is 29.9. The zero-order valence-electron chi connectivity index (χ0n) is 29.9. The minimum atomic E-state index is -0.980. The van der Waals surface area contributed by atoms with Crippen LogP contribution in [0.2, 0.25) is 0 Å². The Morgan fingerprint density at radius 2 is 1.77 bits per heavy atom. The first-order valence-electron chi connectivity index (χ1n) is 17.0. The largest absolute Gasteiger partial charge is 0.618 e. The van der Waals surface area contributed by atoms with Gasteiger partial charge in [-0.3, -0.25) is 19.4 Å². The van der Waals surface area contributed by atoms with Gasteiger partial charge in [0.2, 0.25) is 11.7 Å². The highest BCUT2D eigenvalue weighted by Gasteiger charge is 2.40. The van der Waals surface area contributed by atoms with E-state index in [0.717, 1.165) is 11.1 Å². The molecule has 53 heavy (non-hydrogen) atoms. The molecule has 5 rings (SSSR count). The van der Waals surface area contributed by atoms with E-state index in [9.17, 15) is 19.5 Å². The molecule has 12 nitrogen and oxygen atoms in total. The van der Waals surface area contributed by atoms with E-state index in [0.29, 0.717) is 29.3 Å². The second-order valence-corrected chi connectivity index (χ2v) is 12.6. The van der Waals surface area contributed by atoms with E-state index in [-0.39, 0.29) is 35.3 Å². The summed E-state index contributed by atoms with van der Waals surface area (Å²) >= 11 is 0. The van der Waals surface area contributed by atoms with Crippen molar-refractivity contribution in [1.29, 1.82) is 0 Å². The number of nitrogens with one attached hydrogen (secondary N) is 2. The number of nitrogens with zero attached hydrogens (tertiary/aromatic N) is 2. The summed E-state index contributed by atoms with van der Waals surface area (Å²) in [6.07, 6.45) is 18.4. The van der Waals surface area contributed by atoms with E-state index in [4.69, 9.17) is 18.8 Å². The number of hydrogen-bond donors (Lipinski definition) is 3. The first-order chi connectivity index (χ1) is 25.6. The van der Waals surface area contributed by atoms with Crippen molar-refractivity contribution in [2.45, 2.75) is 38.7 Å². The van der Waals surface area contributed by atoms with Gasteiger partial charge in [0, 0.05) is 24.9 Å². The van der Waals surface area contributed by atoms with E-state index in [2.05, 4.69) is 20.6 Å². The second-order valence-electron chi connectivity index (χ2n) is 12.6. The number of rotatable bonds is 14. The third kappa shape index (κ3) is 10.8. The van der Waals surface area contributed by atoms with Crippen molar-refractivity contribution in [3.8, 4) is 11.5 Å². The van der Waals surface area contributed by atoms with E-state index in [1.54, 1.807) is 54.7 Å². The van der Waals surface area contributed by atoms with Crippen LogP contribution < -0.4 is 15.4 Å². The first kappa shape index (κ1) is 37.9. The minimum absolute atomic E-state index is 0.0133. The number of phenolic OH excluding ortho intramolecular Hbond substituents is 1. The Hall–Kier alpha value is -6.37. The lowest BCUT2D eigenvalue weighted by Gasteiger charge is -2.31. The summed E-state index contributed by atoms with van der Waals surface area (Å²) in [6.45, 7) is 4.04. The average Bonchev–Trinajstić information content (AvgIpc) is 3.17. The maximum absolute atomic E-state index is 14.1. The van der Waals surface area contributed by atoms with Crippen LogP contribution in [0, 0.1) is 5.92 Å². The molecule has 0 radical (unpaired) electrons. The number of phenols is 1. The molecule has 2 amide bonds. The van der Waals surface area contributed by atoms with Crippen molar-refractivity contribution < 1.29 is 38.3 Å². The van der Waals surface area contributed by atoms with Gasteiger partial charge in [0.05, 0.1) is 26.4 Å². The fourth-order valence-corrected chi connectivity index (χ4v) is 5.52. The topological polar surface area (TPSA) is 158 Å².